The molecule has 0 bridgehead atoms. The Hall–Kier alpha value is -0.630. The second-order valence-electron chi connectivity index (χ2n) is 4.68. The number of nitrogens with two attached hydrogens (primary N) is 1. The quantitative estimate of drug-likeness (QED) is 0.830. The molecule has 18 heavy (non-hydrogen) atoms. The van der Waals surface area contributed by atoms with Gasteiger partial charge in [0, 0.05) is 32.1 Å². The predicted octanol–water partition coefficient (Wildman–Crippen LogP) is -0.0272. The summed E-state index contributed by atoms with van der Waals surface area (Å²) in [6, 6.07) is -0.0363. The maximum atomic E-state index is 12.4. The highest BCUT2D eigenvalue weighted by Gasteiger charge is 2.34. The maximum Gasteiger partial charge on any atom is 0.260 e. The highest BCUT2D eigenvalue weighted by molar-refractivity contribution is 7.89. The normalized spacial score (nSPS) is 23.9. The third-order valence-electron chi connectivity index (χ3n) is 3.48. The van der Waals surface area contributed by atoms with Crippen LogP contribution in [-0.4, -0.2) is 41.4 Å². The van der Waals surface area contributed by atoms with E-state index < -0.39 is 10.0 Å². The van der Waals surface area contributed by atoms with Gasteiger partial charge in [-0.1, -0.05) is 0 Å². The second-order valence-corrected chi connectivity index (χ2v) is 6.56. The first-order chi connectivity index (χ1) is 8.09. The van der Waals surface area contributed by atoms with Crippen molar-refractivity contribution in [2.75, 3.05) is 13.1 Å². The minimum Gasteiger partial charge on any atom is -0.326 e. The molecule has 0 amide bonds. The molecule has 1 aromatic heterocycles. The number of aromatic nitrogens is 2. The van der Waals surface area contributed by atoms with Crippen molar-refractivity contribution in [2.24, 2.45) is 5.73 Å². The summed E-state index contributed by atoms with van der Waals surface area (Å²) in [4.78, 5) is 4.18. The van der Waals surface area contributed by atoms with Gasteiger partial charge in [0.15, 0.2) is 5.03 Å². The van der Waals surface area contributed by atoms with Gasteiger partial charge in [-0.25, -0.2) is 13.4 Å². The number of hydrogen-bond donors (Lipinski definition) is 1. The van der Waals surface area contributed by atoms with E-state index in [1.807, 2.05) is 4.57 Å². The fourth-order valence-corrected chi connectivity index (χ4v) is 4.20. The molecular formula is C10H17ClN4O2S. The predicted molar refractivity (Wildman–Crippen MR) is 69.1 cm³/mol. The highest BCUT2D eigenvalue weighted by Crippen LogP contribution is 2.24. The number of fused-ring (bicyclic) bond motifs is 1. The highest BCUT2D eigenvalue weighted by atomic mass is 35.5. The SMILES string of the molecule is Cl.NC1CCN(S(=O)(=O)c2cnc3n2CCC3)C1. The molecule has 3 rings (SSSR count). The first-order valence-corrected chi connectivity index (χ1v) is 7.33. The average molecular weight is 293 g/mol. The third kappa shape index (κ3) is 2.05. The molecular weight excluding hydrogens is 276 g/mol. The molecule has 1 aromatic rings. The maximum absolute atomic E-state index is 12.4. The Balaban J connectivity index is 0.00000120. The molecule has 1 atom stereocenters. The Morgan fingerprint density at radius 1 is 1.39 bits per heavy atom. The summed E-state index contributed by atoms with van der Waals surface area (Å²) in [6.07, 6.45) is 4.06. The monoisotopic (exact) mass is 292 g/mol. The molecule has 1 saturated heterocycles. The van der Waals surface area contributed by atoms with Crippen LogP contribution in [0.2, 0.25) is 0 Å². The number of sulfonamides is 1. The number of nitrogens with zero attached hydrogens (tertiary/aromatic N) is 3. The van der Waals surface area contributed by atoms with Crippen LogP contribution in [0.1, 0.15) is 18.7 Å². The fraction of sp³-hybridized carbons (Fsp3) is 0.700. The molecule has 2 N–H and O–H groups in total. The van der Waals surface area contributed by atoms with E-state index in [9.17, 15) is 8.42 Å². The largest absolute Gasteiger partial charge is 0.326 e. The van der Waals surface area contributed by atoms with Gasteiger partial charge in [-0.15, -0.1) is 12.4 Å². The number of aryl methyl sites for hydroxylation is 1. The second kappa shape index (κ2) is 4.80. The summed E-state index contributed by atoms with van der Waals surface area (Å²) in [5.41, 5.74) is 5.76. The molecule has 2 aliphatic rings. The standard InChI is InChI=1S/C10H16N4O2S.ClH/c11-8-3-5-13(7-8)17(15,16)10-6-12-9-2-1-4-14(9)10;/h6,8H,1-5,7,11H2;1H. The summed E-state index contributed by atoms with van der Waals surface area (Å²) < 4.78 is 28.1. The van der Waals surface area contributed by atoms with E-state index in [0.29, 0.717) is 18.1 Å². The van der Waals surface area contributed by atoms with Gasteiger partial charge in [0.2, 0.25) is 0 Å². The molecule has 0 saturated carbocycles. The number of hydrogen-bond acceptors (Lipinski definition) is 4. The summed E-state index contributed by atoms with van der Waals surface area (Å²) in [6.45, 7) is 1.69. The van der Waals surface area contributed by atoms with Gasteiger partial charge in [0.25, 0.3) is 10.0 Å². The van der Waals surface area contributed by atoms with E-state index in [4.69, 9.17) is 5.73 Å². The Morgan fingerprint density at radius 2 is 2.17 bits per heavy atom. The van der Waals surface area contributed by atoms with Crippen molar-refractivity contribution in [3.63, 3.8) is 0 Å². The van der Waals surface area contributed by atoms with Gasteiger partial charge in [-0.2, -0.15) is 4.31 Å². The molecule has 102 valence electrons. The van der Waals surface area contributed by atoms with Gasteiger partial charge in [0.1, 0.15) is 5.82 Å². The van der Waals surface area contributed by atoms with E-state index in [-0.39, 0.29) is 18.4 Å². The van der Waals surface area contributed by atoms with Crippen LogP contribution in [0.15, 0.2) is 11.2 Å². The molecule has 0 radical (unpaired) electrons. The van der Waals surface area contributed by atoms with Crippen LogP contribution in [0.3, 0.4) is 0 Å². The third-order valence-corrected chi connectivity index (χ3v) is 5.34. The molecule has 0 spiro atoms. The van der Waals surface area contributed by atoms with E-state index >= 15 is 0 Å². The van der Waals surface area contributed by atoms with Crippen LogP contribution < -0.4 is 5.73 Å². The summed E-state index contributed by atoms with van der Waals surface area (Å²) in [5.74, 6) is 0.882. The van der Waals surface area contributed by atoms with Crippen LogP contribution in [0.25, 0.3) is 0 Å². The number of halogens is 1. The van der Waals surface area contributed by atoms with E-state index in [1.54, 1.807) is 0 Å². The Kier molecular flexibility index (Phi) is 3.68. The minimum absolute atomic E-state index is 0. The summed E-state index contributed by atoms with van der Waals surface area (Å²) in [7, 11) is -3.40. The Bertz CT molecular complexity index is 542. The van der Waals surface area contributed by atoms with Crippen molar-refractivity contribution >= 4 is 22.4 Å². The summed E-state index contributed by atoms with van der Waals surface area (Å²) >= 11 is 0. The molecule has 2 aliphatic heterocycles. The van der Waals surface area contributed by atoms with Gasteiger partial charge in [-0.05, 0) is 12.8 Å². The van der Waals surface area contributed by atoms with Crippen LogP contribution >= 0.6 is 12.4 Å². The molecule has 1 fully saturated rings. The van der Waals surface area contributed by atoms with Gasteiger partial charge in [-0.3, -0.25) is 0 Å². The number of imidazole rings is 1. The van der Waals surface area contributed by atoms with Crippen LogP contribution in [0.4, 0.5) is 0 Å². The Labute approximate surface area is 113 Å². The zero-order valence-electron chi connectivity index (χ0n) is 9.95. The van der Waals surface area contributed by atoms with Crippen molar-refractivity contribution in [1.82, 2.24) is 13.9 Å². The molecule has 6 nitrogen and oxygen atoms in total. The zero-order chi connectivity index (χ0) is 12.0. The van der Waals surface area contributed by atoms with Gasteiger partial charge >= 0.3 is 0 Å². The molecule has 1 unspecified atom stereocenters. The lowest BCUT2D eigenvalue weighted by molar-refractivity contribution is 0.463. The fourth-order valence-electron chi connectivity index (χ4n) is 2.54. The van der Waals surface area contributed by atoms with Crippen molar-refractivity contribution < 1.29 is 8.42 Å². The smallest absolute Gasteiger partial charge is 0.260 e. The molecule has 0 aliphatic carbocycles. The van der Waals surface area contributed by atoms with Crippen LogP contribution in [0, 0.1) is 0 Å². The average Bonchev–Trinajstić information content (AvgIpc) is 2.89. The van der Waals surface area contributed by atoms with Gasteiger partial charge in [0.05, 0.1) is 6.20 Å². The lowest BCUT2D eigenvalue weighted by atomic mass is 10.3. The molecule has 0 aromatic carbocycles. The Morgan fingerprint density at radius 3 is 2.83 bits per heavy atom. The van der Waals surface area contributed by atoms with Gasteiger partial charge < -0.3 is 10.3 Å². The molecule has 3 heterocycles. The summed E-state index contributed by atoms with van der Waals surface area (Å²) in [5, 5.41) is 0.333. The first-order valence-electron chi connectivity index (χ1n) is 5.89. The van der Waals surface area contributed by atoms with E-state index in [1.165, 1.54) is 10.5 Å². The van der Waals surface area contributed by atoms with Crippen molar-refractivity contribution in [3.8, 4) is 0 Å². The van der Waals surface area contributed by atoms with Crippen LogP contribution in [-0.2, 0) is 23.0 Å². The van der Waals surface area contributed by atoms with Crippen molar-refractivity contribution in [2.45, 2.75) is 36.9 Å². The van der Waals surface area contributed by atoms with Crippen molar-refractivity contribution in [3.05, 3.63) is 12.0 Å². The first kappa shape index (κ1) is 13.8. The van der Waals surface area contributed by atoms with Crippen molar-refractivity contribution in [1.29, 1.82) is 0 Å². The number of rotatable bonds is 2. The lowest BCUT2D eigenvalue weighted by Crippen LogP contribution is -2.33. The van der Waals surface area contributed by atoms with Crippen LogP contribution in [0.5, 0.6) is 0 Å². The van der Waals surface area contributed by atoms with E-state index in [0.717, 1.165) is 31.6 Å². The lowest BCUT2D eigenvalue weighted by Gasteiger charge is -2.16. The minimum atomic E-state index is -3.40. The van der Waals surface area contributed by atoms with E-state index in [2.05, 4.69) is 4.98 Å². The molecule has 8 heteroatoms. The zero-order valence-corrected chi connectivity index (χ0v) is 11.6. The topological polar surface area (TPSA) is 81.2 Å².